The van der Waals surface area contributed by atoms with Crippen LogP contribution in [0.15, 0.2) is 18.2 Å². The Hall–Kier alpha value is -1.51. The minimum Gasteiger partial charge on any atom is -0.465 e. The van der Waals surface area contributed by atoms with Crippen LogP contribution in [-0.2, 0) is 10.2 Å². The minimum atomic E-state index is -0.390. The van der Waals surface area contributed by atoms with Gasteiger partial charge in [-0.15, -0.1) is 0 Å². The Labute approximate surface area is 90.2 Å². The lowest BCUT2D eigenvalue weighted by Crippen LogP contribution is -2.17. The molecule has 1 aromatic carbocycles. The zero-order valence-electron chi connectivity index (χ0n) is 9.63. The Morgan fingerprint density at radius 3 is 2.40 bits per heavy atom. The van der Waals surface area contributed by atoms with Crippen LogP contribution in [0.4, 0.5) is 5.69 Å². The zero-order chi connectivity index (χ0) is 11.6. The summed E-state index contributed by atoms with van der Waals surface area (Å²) < 4.78 is 4.67. The summed E-state index contributed by atoms with van der Waals surface area (Å²) in [5.41, 5.74) is 7.78. The first kappa shape index (κ1) is 11.6. The van der Waals surface area contributed by atoms with Crippen LogP contribution in [0, 0.1) is 0 Å². The van der Waals surface area contributed by atoms with E-state index in [0.717, 1.165) is 5.56 Å². The molecular formula is C12H17NO2. The monoisotopic (exact) mass is 207 g/mol. The summed E-state index contributed by atoms with van der Waals surface area (Å²) in [6, 6.07) is 5.43. The first-order valence-corrected chi connectivity index (χ1v) is 4.85. The van der Waals surface area contributed by atoms with Crippen LogP contribution < -0.4 is 5.73 Å². The number of rotatable bonds is 1. The van der Waals surface area contributed by atoms with Crippen LogP contribution in [0.2, 0.25) is 0 Å². The van der Waals surface area contributed by atoms with E-state index < -0.39 is 5.97 Å². The molecule has 0 aliphatic heterocycles. The number of hydrogen-bond acceptors (Lipinski definition) is 3. The Morgan fingerprint density at radius 2 is 1.93 bits per heavy atom. The highest BCUT2D eigenvalue weighted by Gasteiger charge is 2.20. The molecule has 0 aliphatic rings. The molecule has 1 rings (SSSR count). The van der Waals surface area contributed by atoms with E-state index in [-0.39, 0.29) is 5.41 Å². The van der Waals surface area contributed by atoms with Crippen LogP contribution in [0.25, 0.3) is 0 Å². The molecule has 82 valence electrons. The number of benzene rings is 1. The predicted molar refractivity (Wildman–Crippen MR) is 60.9 cm³/mol. The quantitative estimate of drug-likeness (QED) is 0.568. The summed E-state index contributed by atoms with van der Waals surface area (Å²) in [5, 5.41) is 0. The summed E-state index contributed by atoms with van der Waals surface area (Å²) in [5.74, 6) is -0.390. The number of nitrogen functional groups attached to an aromatic ring is 1. The third-order valence-electron chi connectivity index (χ3n) is 2.32. The predicted octanol–water partition coefficient (Wildman–Crippen LogP) is 2.35. The van der Waals surface area contributed by atoms with Crippen LogP contribution in [-0.4, -0.2) is 13.1 Å². The van der Waals surface area contributed by atoms with Crippen LogP contribution >= 0.6 is 0 Å². The van der Waals surface area contributed by atoms with E-state index in [4.69, 9.17) is 5.73 Å². The average molecular weight is 207 g/mol. The van der Waals surface area contributed by atoms with Gasteiger partial charge in [0.2, 0.25) is 0 Å². The number of carbonyl (C=O) groups is 1. The van der Waals surface area contributed by atoms with Gasteiger partial charge >= 0.3 is 5.97 Å². The van der Waals surface area contributed by atoms with Gasteiger partial charge in [0.25, 0.3) is 0 Å². The van der Waals surface area contributed by atoms with Gasteiger partial charge in [0.15, 0.2) is 0 Å². The van der Waals surface area contributed by atoms with E-state index in [0.29, 0.717) is 11.3 Å². The van der Waals surface area contributed by atoms with Gasteiger partial charge in [-0.25, -0.2) is 4.79 Å². The van der Waals surface area contributed by atoms with Crippen molar-refractivity contribution in [3.63, 3.8) is 0 Å². The molecule has 2 N–H and O–H groups in total. The van der Waals surface area contributed by atoms with Crippen molar-refractivity contribution in [3.8, 4) is 0 Å². The van der Waals surface area contributed by atoms with Crippen LogP contribution in [0.1, 0.15) is 36.7 Å². The van der Waals surface area contributed by atoms with E-state index in [1.807, 2.05) is 12.1 Å². The third-order valence-corrected chi connectivity index (χ3v) is 2.32. The average Bonchev–Trinajstić information content (AvgIpc) is 2.15. The molecule has 0 unspecified atom stereocenters. The molecule has 3 nitrogen and oxygen atoms in total. The van der Waals surface area contributed by atoms with Crippen molar-refractivity contribution in [3.05, 3.63) is 29.3 Å². The number of nitrogens with two attached hydrogens (primary N) is 1. The molecule has 0 radical (unpaired) electrons. The van der Waals surface area contributed by atoms with Crippen molar-refractivity contribution >= 4 is 11.7 Å². The molecule has 15 heavy (non-hydrogen) atoms. The summed E-state index contributed by atoms with van der Waals surface area (Å²) in [6.45, 7) is 6.17. The Balaban J connectivity index is 3.30. The second-order valence-corrected chi connectivity index (χ2v) is 4.51. The molecule has 0 aliphatic carbocycles. The van der Waals surface area contributed by atoms with E-state index in [1.54, 1.807) is 6.07 Å². The Morgan fingerprint density at radius 1 is 1.33 bits per heavy atom. The standard InChI is InChI=1S/C12H17NO2/c1-12(2,3)9-7-5-6-8(10(9)13)11(14)15-4/h5-7H,13H2,1-4H3. The SMILES string of the molecule is COC(=O)c1cccc(C(C)(C)C)c1N. The molecule has 0 aromatic heterocycles. The lowest BCUT2D eigenvalue weighted by Gasteiger charge is -2.22. The second kappa shape index (κ2) is 3.93. The molecule has 0 atom stereocenters. The highest BCUT2D eigenvalue weighted by Crippen LogP contribution is 2.30. The second-order valence-electron chi connectivity index (χ2n) is 4.51. The fourth-order valence-corrected chi connectivity index (χ4v) is 1.51. The molecular weight excluding hydrogens is 190 g/mol. The van der Waals surface area contributed by atoms with Crippen LogP contribution in [0.3, 0.4) is 0 Å². The van der Waals surface area contributed by atoms with Crippen LogP contribution in [0.5, 0.6) is 0 Å². The van der Waals surface area contributed by atoms with Gasteiger partial charge in [0.1, 0.15) is 0 Å². The zero-order valence-corrected chi connectivity index (χ0v) is 9.63. The molecule has 0 heterocycles. The number of esters is 1. The maximum absolute atomic E-state index is 11.4. The normalized spacial score (nSPS) is 11.2. The van der Waals surface area contributed by atoms with Gasteiger partial charge in [0, 0.05) is 5.69 Å². The van der Waals surface area contributed by atoms with Gasteiger partial charge in [0.05, 0.1) is 12.7 Å². The molecule has 0 fully saturated rings. The Bertz CT molecular complexity index is 378. The van der Waals surface area contributed by atoms with Gasteiger partial charge < -0.3 is 10.5 Å². The summed E-state index contributed by atoms with van der Waals surface area (Å²) >= 11 is 0. The highest BCUT2D eigenvalue weighted by molar-refractivity contribution is 5.95. The van der Waals surface area contributed by atoms with Gasteiger partial charge in [-0.2, -0.15) is 0 Å². The molecule has 3 heteroatoms. The van der Waals surface area contributed by atoms with Crippen molar-refractivity contribution in [1.82, 2.24) is 0 Å². The number of hydrogen-bond donors (Lipinski definition) is 1. The van der Waals surface area contributed by atoms with Crippen molar-refractivity contribution in [2.24, 2.45) is 0 Å². The van der Waals surface area contributed by atoms with E-state index in [1.165, 1.54) is 7.11 Å². The number of methoxy groups -OCH3 is 1. The lowest BCUT2D eigenvalue weighted by atomic mass is 9.84. The largest absolute Gasteiger partial charge is 0.465 e. The molecule has 0 bridgehead atoms. The number of para-hydroxylation sites is 1. The first-order valence-electron chi connectivity index (χ1n) is 4.85. The maximum atomic E-state index is 11.4. The van der Waals surface area contributed by atoms with Crippen molar-refractivity contribution < 1.29 is 9.53 Å². The summed E-state index contributed by atoms with van der Waals surface area (Å²) in [6.07, 6.45) is 0. The first-order chi connectivity index (χ1) is 6.88. The van der Waals surface area contributed by atoms with Gasteiger partial charge in [-0.1, -0.05) is 32.9 Å². The fourth-order valence-electron chi connectivity index (χ4n) is 1.51. The molecule has 0 spiro atoms. The van der Waals surface area contributed by atoms with Crippen molar-refractivity contribution in [2.45, 2.75) is 26.2 Å². The molecule has 0 amide bonds. The minimum absolute atomic E-state index is 0.0753. The topological polar surface area (TPSA) is 52.3 Å². The number of anilines is 1. The molecule has 1 aromatic rings. The Kier molecular flexibility index (Phi) is 3.03. The lowest BCUT2D eigenvalue weighted by molar-refractivity contribution is 0.0602. The van der Waals surface area contributed by atoms with Crippen molar-refractivity contribution in [1.29, 1.82) is 0 Å². The maximum Gasteiger partial charge on any atom is 0.339 e. The van der Waals surface area contributed by atoms with E-state index >= 15 is 0 Å². The third kappa shape index (κ3) is 2.29. The number of ether oxygens (including phenoxy) is 1. The van der Waals surface area contributed by atoms with E-state index in [2.05, 4.69) is 25.5 Å². The molecule has 0 saturated heterocycles. The highest BCUT2D eigenvalue weighted by atomic mass is 16.5. The smallest absolute Gasteiger partial charge is 0.339 e. The van der Waals surface area contributed by atoms with Gasteiger partial charge in [-0.3, -0.25) is 0 Å². The molecule has 0 saturated carbocycles. The summed E-state index contributed by atoms with van der Waals surface area (Å²) in [4.78, 5) is 11.4. The van der Waals surface area contributed by atoms with Gasteiger partial charge in [-0.05, 0) is 17.0 Å². The fraction of sp³-hybridized carbons (Fsp3) is 0.417. The van der Waals surface area contributed by atoms with E-state index in [9.17, 15) is 4.79 Å². The summed E-state index contributed by atoms with van der Waals surface area (Å²) in [7, 11) is 1.35. The number of carbonyl (C=O) groups excluding carboxylic acids is 1. The van der Waals surface area contributed by atoms with Crippen molar-refractivity contribution in [2.75, 3.05) is 12.8 Å².